The Hall–Kier alpha value is -1.94. The van der Waals surface area contributed by atoms with E-state index in [2.05, 4.69) is 0 Å². The highest BCUT2D eigenvalue weighted by Gasteiger charge is 2.43. The molecule has 0 saturated carbocycles. The van der Waals surface area contributed by atoms with E-state index in [1.165, 1.54) is 10.4 Å². The first-order chi connectivity index (χ1) is 11.4. The lowest BCUT2D eigenvalue weighted by Gasteiger charge is -2.43. The highest BCUT2D eigenvalue weighted by atomic mass is 32.3. The second-order valence-corrected chi connectivity index (χ2v) is 7.02. The van der Waals surface area contributed by atoms with Crippen molar-refractivity contribution in [2.24, 2.45) is 5.73 Å². The molecule has 0 spiro atoms. The van der Waals surface area contributed by atoms with Gasteiger partial charge in [-0.15, -0.1) is 0 Å². The molecule has 0 saturated heterocycles. The molecule has 0 fully saturated rings. The van der Waals surface area contributed by atoms with Crippen LogP contribution in [0.1, 0.15) is 6.42 Å². The maximum Gasteiger partial charge on any atom is 0.154 e. The lowest BCUT2D eigenvalue weighted by molar-refractivity contribution is 0.480. The molecular formula is C15H16F3N3O2S. The maximum atomic E-state index is 14.2. The zero-order valence-electron chi connectivity index (χ0n) is 12.5. The van der Waals surface area contributed by atoms with Crippen molar-refractivity contribution < 1.29 is 22.3 Å². The fourth-order valence-corrected chi connectivity index (χ4v) is 4.49. The molecule has 1 aliphatic heterocycles. The third-order valence-electron chi connectivity index (χ3n) is 3.66. The number of para-hydroxylation sites is 2. The van der Waals surface area contributed by atoms with E-state index in [1.807, 2.05) is 0 Å². The van der Waals surface area contributed by atoms with Crippen molar-refractivity contribution in [3.63, 3.8) is 0 Å². The van der Waals surface area contributed by atoms with Crippen LogP contribution in [-0.2, 0) is 0 Å². The molecule has 0 radical (unpaired) electrons. The van der Waals surface area contributed by atoms with E-state index in [9.17, 15) is 22.3 Å². The van der Waals surface area contributed by atoms with Crippen LogP contribution in [0.25, 0.3) is 0 Å². The Labute approximate surface area is 138 Å². The highest BCUT2D eigenvalue weighted by Crippen LogP contribution is 2.64. The van der Waals surface area contributed by atoms with Gasteiger partial charge in [0.1, 0.15) is 11.5 Å². The quantitative estimate of drug-likeness (QED) is 0.770. The Bertz CT molecular complexity index is 752. The SMILES string of the molecule is NCCCN1c2ccccc2N(c2c(F)cc(F)cc2F)S1(O)O. The first kappa shape index (κ1) is 16.9. The predicted octanol–water partition coefficient (Wildman–Crippen LogP) is 3.99. The molecule has 1 heterocycles. The van der Waals surface area contributed by atoms with Crippen LogP contribution in [0.4, 0.5) is 30.2 Å². The smallest absolute Gasteiger partial charge is 0.154 e. The lowest BCUT2D eigenvalue weighted by Crippen LogP contribution is -2.33. The molecule has 0 aromatic heterocycles. The van der Waals surface area contributed by atoms with Crippen molar-refractivity contribution in [3.8, 4) is 0 Å². The number of halogens is 3. The minimum atomic E-state index is -3.76. The van der Waals surface area contributed by atoms with Crippen LogP contribution < -0.4 is 14.3 Å². The third-order valence-corrected chi connectivity index (χ3v) is 5.50. The molecule has 0 bridgehead atoms. The molecule has 2 aromatic rings. The fourth-order valence-electron chi connectivity index (χ4n) is 2.66. The minimum Gasteiger partial charge on any atom is -0.330 e. The second-order valence-electron chi connectivity index (χ2n) is 5.24. The monoisotopic (exact) mass is 359 g/mol. The lowest BCUT2D eigenvalue weighted by atomic mass is 10.2. The Morgan fingerprint density at radius 2 is 1.58 bits per heavy atom. The van der Waals surface area contributed by atoms with E-state index in [0.717, 1.165) is 4.31 Å². The van der Waals surface area contributed by atoms with Gasteiger partial charge in [0.25, 0.3) is 0 Å². The molecule has 3 rings (SSSR count). The molecule has 1 aliphatic rings. The van der Waals surface area contributed by atoms with E-state index in [4.69, 9.17) is 5.73 Å². The number of anilines is 3. The van der Waals surface area contributed by atoms with Crippen molar-refractivity contribution in [1.29, 1.82) is 0 Å². The van der Waals surface area contributed by atoms with Gasteiger partial charge in [-0.1, -0.05) is 12.1 Å². The van der Waals surface area contributed by atoms with Crippen LogP contribution in [0.15, 0.2) is 36.4 Å². The average Bonchev–Trinajstić information content (AvgIpc) is 2.72. The number of fused-ring (bicyclic) bond motifs is 1. The predicted molar refractivity (Wildman–Crippen MR) is 88.8 cm³/mol. The van der Waals surface area contributed by atoms with Gasteiger partial charge < -0.3 is 5.73 Å². The average molecular weight is 359 g/mol. The standard InChI is InChI=1S/C15H16F3N3O2S/c16-10-8-11(17)15(12(18)9-10)21-14-5-2-1-4-13(14)20(7-3-6-19)24(21,22)23/h1-2,4-5,8-9,22-23H,3,6-7,19H2. The zero-order valence-corrected chi connectivity index (χ0v) is 13.3. The van der Waals surface area contributed by atoms with Gasteiger partial charge >= 0.3 is 0 Å². The summed E-state index contributed by atoms with van der Waals surface area (Å²) in [5.74, 6) is -3.52. The summed E-state index contributed by atoms with van der Waals surface area (Å²) in [4.78, 5) is 0. The summed E-state index contributed by atoms with van der Waals surface area (Å²) in [5, 5.41) is 0. The van der Waals surface area contributed by atoms with Gasteiger partial charge in [-0.05, 0) is 36.1 Å². The second kappa shape index (κ2) is 6.17. The Morgan fingerprint density at radius 3 is 2.17 bits per heavy atom. The zero-order chi connectivity index (χ0) is 17.5. The van der Waals surface area contributed by atoms with E-state index in [0.29, 0.717) is 30.8 Å². The molecule has 5 nitrogen and oxygen atoms in total. The molecule has 0 unspecified atom stereocenters. The topological polar surface area (TPSA) is 73.0 Å². The summed E-state index contributed by atoms with van der Waals surface area (Å²) in [7, 11) is -3.76. The van der Waals surface area contributed by atoms with Gasteiger partial charge in [0.2, 0.25) is 0 Å². The van der Waals surface area contributed by atoms with Crippen molar-refractivity contribution in [1.82, 2.24) is 0 Å². The summed E-state index contributed by atoms with van der Waals surface area (Å²) in [5.41, 5.74) is 5.39. The first-order valence-electron chi connectivity index (χ1n) is 7.17. The maximum absolute atomic E-state index is 14.2. The van der Waals surface area contributed by atoms with Crippen LogP contribution in [0.5, 0.6) is 0 Å². The molecule has 0 atom stereocenters. The summed E-state index contributed by atoms with van der Waals surface area (Å²) < 4.78 is 65.0. The van der Waals surface area contributed by atoms with Gasteiger partial charge in [-0.2, -0.15) is 0 Å². The molecule has 4 N–H and O–H groups in total. The summed E-state index contributed by atoms with van der Waals surface area (Å²) >= 11 is 0. The molecule has 2 aromatic carbocycles. The van der Waals surface area contributed by atoms with Crippen molar-refractivity contribution in [2.75, 3.05) is 21.7 Å². The molecule has 130 valence electrons. The normalized spacial score (nSPS) is 17.1. The molecule has 0 amide bonds. The van der Waals surface area contributed by atoms with Gasteiger partial charge in [0, 0.05) is 18.7 Å². The van der Waals surface area contributed by atoms with Gasteiger partial charge in [-0.25, -0.2) is 17.5 Å². The summed E-state index contributed by atoms with van der Waals surface area (Å²) in [6, 6.07) is 7.39. The van der Waals surface area contributed by atoms with E-state index in [1.54, 1.807) is 18.2 Å². The Kier molecular flexibility index (Phi) is 4.35. The largest absolute Gasteiger partial charge is 0.330 e. The van der Waals surface area contributed by atoms with Gasteiger partial charge in [0.05, 0.1) is 11.4 Å². The van der Waals surface area contributed by atoms with Crippen molar-refractivity contribution >= 4 is 28.0 Å². The number of benzene rings is 2. The molecule has 24 heavy (non-hydrogen) atoms. The van der Waals surface area contributed by atoms with Crippen molar-refractivity contribution in [2.45, 2.75) is 6.42 Å². The van der Waals surface area contributed by atoms with E-state index >= 15 is 0 Å². The number of nitrogens with zero attached hydrogens (tertiary/aromatic N) is 2. The summed E-state index contributed by atoms with van der Waals surface area (Å²) in [6.07, 6.45) is 0.451. The van der Waals surface area contributed by atoms with Crippen LogP contribution >= 0.6 is 11.0 Å². The van der Waals surface area contributed by atoms with Crippen LogP contribution in [0, 0.1) is 17.5 Å². The Balaban J connectivity index is 2.18. The Morgan fingerprint density at radius 1 is 1.00 bits per heavy atom. The van der Waals surface area contributed by atoms with Crippen molar-refractivity contribution in [3.05, 3.63) is 53.8 Å². The number of nitrogens with two attached hydrogens (primary N) is 1. The van der Waals surface area contributed by atoms with Gasteiger partial charge in [-0.3, -0.25) is 13.4 Å². The molecule has 9 heteroatoms. The van der Waals surface area contributed by atoms with Gasteiger partial charge in [0.15, 0.2) is 11.6 Å². The fraction of sp³-hybridized carbons (Fsp3) is 0.200. The van der Waals surface area contributed by atoms with Crippen LogP contribution in [0.3, 0.4) is 0 Å². The minimum absolute atomic E-state index is 0.191. The van der Waals surface area contributed by atoms with E-state index in [-0.39, 0.29) is 12.2 Å². The highest BCUT2D eigenvalue weighted by molar-refractivity contribution is 8.27. The molecular weight excluding hydrogens is 343 g/mol. The number of rotatable bonds is 4. The van der Waals surface area contributed by atoms with E-state index < -0.39 is 34.1 Å². The molecule has 0 aliphatic carbocycles. The number of hydrogen-bond donors (Lipinski definition) is 3. The third kappa shape index (κ3) is 2.59. The summed E-state index contributed by atoms with van der Waals surface area (Å²) in [6.45, 7) is 0.504. The van der Waals surface area contributed by atoms with Crippen LogP contribution in [0.2, 0.25) is 0 Å². The van der Waals surface area contributed by atoms with Crippen LogP contribution in [-0.4, -0.2) is 22.2 Å². The first-order valence-corrected chi connectivity index (χ1v) is 8.64. The number of hydrogen-bond acceptors (Lipinski definition) is 5.